The average molecular weight is 284 g/mol. The van der Waals surface area contributed by atoms with Gasteiger partial charge in [-0.05, 0) is 31.0 Å². The molecule has 0 fully saturated rings. The van der Waals surface area contributed by atoms with Gasteiger partial charge in [0.05, 0.1) is 6.54 Å². The van der Waals surface area contributed by atoms with Crippen LogP contribution >= 0.6 is 22.9 Å². The van der Waals surface area contributed by atoms with Crippen molar-refractivity contribution in [2.45, 2.75) is 33.2 Å². The van der Waals surface area contributed by atoms with Crippen molar-refractivity contribution in [1.82, 2.24) is 14.9 Å². The summed E-state index contributed by atoms with van der Waals surface area (Å²) in [7, 11) is 0. The number of aromatic nitrogens is 2. The molecule has 0 aliphatic rings. The van der Waals surface area contributed by atoms with Crippen molar-refractivity contribution >= 4 is 33.2 Å². The van der Waals surface area contributed by atoms with Gasteiger partial charge in [0, 0.05) is 5.39 Å². The molecule has 0 unspecified atom stereocenters. The minimum absolute atomic E-state index is 0.572. The van der Waals surface area contributed by atoms with Crippen molar-refractivity contribution in [3.05, 3.63) is 22.4 Å². The third kappa shape index (κ3) is 3.19. The van der Waals surface area contributed by atoms with Crippen LogP contribution in [0.4, 0.5) is 0 Å². The third-order valence-electron chi connectivity index (χ3n) is 2.96. The topological polar surface area (TPSA) is 29.0 Å². The van der Waals surface area contributed by atoms with Gasteiger partial charge in [-0.2, -0.15) is 0 Å². The fourth-order valence-electron chi connectivity index (χ4n) is 1.86. The second kappa shape index (κ2) is 6.45. The van der Waals surface area contributed by atoms with Crippen LogP contribution in [0.5, 0.6) is 0 Å². The van der Waals surface area contributed by atoms with Crippen molar-refractivity contribution in [2.24, 2.45) is 0 Å². The molecular weight excluding hydrogens is 266 g/mol. The van der Waals surface area contributed by atoms with Crippen LogP contribution in [0.15, 0.2) is 11.4 Å². The van der Waals surface area contributed by atoms with Gasteiger partial charge in [-0.3, -0.25) is 4.90 Å². The molecule has 2 aromatic rings. The minimum Gasteiger partial charge on any atom is -0.296 e. The average Bonchev–Trinajstić information content (AvgIpc) is 2.83. The van der Waals surface area contributed by atoms with E-state index in [1.807, 2.05) is 11.4 Å². The highest BCUT2D eigenvalue weighted by atomic mass is 35.5. The Hall–Kier alpha value is -0.710. The van der Waals surface area contributed by atoms with Crippen molar-refractivity contribution in [3.8, 4) is 0 Å². The SMILES string of the molecule is CCCCN(CC)Cc1nc(Cl)c2ccsc2n1. The molecule has 5 heteroatoms. The van der Waals surface area contributed by atoms with Crippen molar-refractivity contribution in [2.75, 3.05) is 13.1 Å². The first-order valence-corrected chi connectivity index (χ1v) is 7.62. The lowest BCUT2D eigenvalue weighted by Gasteiger charge is -2.18. The number of nitrogens with zero attached hydrogens (tertiary/aromatic N) is 3. The molecule has 0 saturated carbocycles. The Labute approximate surface area is 117 Å². The van der Waals surface area contributed by atoms with Crippen LogP contribution in [0.3, 0.4) is 0 Å². The summed E-state index contributed by atoms with van der Waals surface area (Å²) in [6.45, 7) is 7.27. The second-order valence-electron chi connectivity index (χ2n) is 4.29. The second-order valence-corrected chi connectivity index (χ2v) is 5.54. The zero-order valence-electron chi connectivity index (χ0n) is 10.8. The van der Waals surface area contributed by atoms with Gasteiger partial charge < -0.3 is 0 Å². The van der Waals surface area contributed by atoms with E-state index in [9.17, 15) is 0 Å². The highest BCUT2D eigenvalue weighted by molar-refractivity contribution is 7.16. The van der Waals surface area contributed by atoms with E-state index in [0.29, 0.717) is 5.15 Å². The summed E-state index contributed by atoms with van der Waals surface area (Å²) in [4.78, 5) is 12.3. The summed E-state index contributed by atoms with van der Waals surface area (Å²) < 4.78 is 0. The first kappa shape index (κ1) is 13.7. The number of unbranched alkanes of at least 4 members (excludes halogenated alkanes) is 1. The van der Waals surface area contributed by atoms with E-state index in [2.05, 4.69) is 28.7 Å². The molecule has 0 bridgehead atoms. The summed E-state index contributed by atoms with van der Waals surface area (Å²) in [6.07, 6.45) is 2.42. The molecule has 2 rings (SSSR count). The van der Waals surface area contributed by atoms with Gasteiger partial charge in [0.15, 0.2) is 0 Å². The highest BCUT2D eigenvalue weighted by Gasteiger charge is 2.10. The van der Waals surface area contributed by atoms with Crippen LogP contribution in [-0.4, -0.2) is 28.0 Å². The van der Waals surface area contributed by atoms with Gasteiger partial charge in [-0.1, -0.05) is 31.9 Å². The first-order valence-electron chi connectivity index (χ1n) is 6.36. The summed E-state index contributed by atoms with van der Waals surface area (Å²) >= 11 is 7.79. The lowest BCUT2D eigenvalue weighted by atomic mass is 10.3. The molecule has 0 N–H and O–H groups in total. The zero-order chi connectivity index (χ0) is 13.0. The number of hydrogen-bond donors (Lipinski definition) is 0. The van der Waals surface area contributed by atoms with Gasteiger partial charge in [0.2, 0.25) is 0 Å². The number of fused-ring (bicyclic) bond motifs is 1. The Morgan fingerprint density at radius 1 is 1.33 bits per heavy atom. The number of thiophene rings is 1. The lowest BCUT2D eigenvalue weighted by Crippen LogP contribution is -2.25. The normalized spacial score (nSPS) is 11.6. The largest absolute Gasteiger partial charge is 0.296 e. The van der Waals surface area contributed by atoms with Gasteiger partial charge in [-0.15, -0.1) is 11.3 Å². The minimum atomic E-state index is 0.572. The molecule has 0 aliphatic carbocycles. The van der Waals surface area contributed by atoms with Crippen LogP contribution in [0.1, 0.15) is 32.5 Å². The molecule has 0 amide bonds. The fourth-order valence-corrected chi connectivity index (χ4v) is 2.95. The molecule has 18 heavy (non-hydrogen) atoms. The van der Waals surface area contributed by atoms with E-state index in [4.69, 9.17) is 11.6 Å². The maximum Gasteiger partial charge on any atom is 0.145 e. The zero-order valence-corrected chi connectivity index (χ0v) is 12.4. The third-order valence-corrected chi connectivity index (χ3v) is 4.06. The fraction of sp³-hybridized carbons (Fsp3) is 0.538. The van der Waals surface area contributed by atoms with Crippen LogP contribution in [0.2, 0.25) is 5.15 Å². The number of halogens is 1. The van der Waals surface area contributed by atoms with E-state index < -0.39 is 0 Å². The molecule has 0 saturated heterocycles. The molecule has 3 nitrogen and oxygen atoms in total. The van der Waals surface area contributed by atoms with Crippen molar-refractivity contribution < 1.29 is 0 Å². The van der Waals surface area contributed by atoms with Crippen molar-refractivity contribution in [1.29, 1.82) is 0 Å². The van der Waals surface area contributed by atoms with Gasteiger partial charge in [-0.25, -0.2) is 9.97 Å². The Kier molecular flexibility index (Phi) is 4.92. The van der Waals surface area contributed by atoms with Gasteiger partial charge in [0.25, 0.3) is 0 Å². The molecular formula is C13H18ClN3S. The van der Waals surface area contributed by atoms with Gasteiger partial charge in [0.1, 0.15) is 15.8 Å². The monoisotopic (exact) mass is 283 g/mol. The predicted molar refractivity (Wildman–Crippen MR) is 78.3 cm³/mol. The summed E-state index contributed by atoms with van der Waals surface area (Å²) in [5.41, 5.74) is 0. The summed E-state index contributed by atoms with van der Waals surface area (Å²) in [5, 5.41) is 3.54. The van der Waals surface area contributed by atoms with Crippen LogP contribution in [0.25, 0.3) is 10.2 Å². The van der Waals surface area contributed by atoms with E-state index >= 15 is 0 Å². The molecule has 0 aromatic carbocycles. The van der Waals surface area contributed by atoms with E-state index in [1.54, 1.807) is 11.3 Å². The van der Waals surface area contributed by atoms with Crippen LogP contribution in [-0.2, 0) is 6.54 Å². The van der Waals surface area contributed by atoms with E-state index in [-0.39, 0.29) is 0 Å². The van der Waals surface area contributed by atoms with E-state index in [0.717, 1.165) is 35.7 Å². The molecule has 0 aliphatic heterocycles. The maximum atomic E-state index is 6.17. The lowest BCUT2D eigenvalue weighted by molar-refractivity contribution is 0.269. The summed E-state index contributed by atoms with van der Waals surface area (Å²) in [5.74, 6) is 0.827. The van der Waals surface area contributed by atoms with E-state index in [1.165, 1.54) is 12.8 Å². The molecule has 2 aromatic heterocycles. The number of rotatable bonds is 6. The first-order chi connectivity index (χ1) is 8.74. The Bertz CT molecular complexity index is 512. The Morgan fingerprint density at radius 2 is 2.17 bits per heavy atom. The van der Waals surface area contributed by atoms with Crippen LogP contribution < -0.4 is 0 Å². The molecule has 0 radical (unpaired) electrons. The number of hydrogen-bond acceptors (Lipinski definition) is 4. The van der Waals surface area contributed by atoms with Crippen molar-refractivity contribution in [3.63, 3.8) is 0 Å². The molecule has 0 atom stereocenters. The standard InChI is InChI=1S/C13H18ClN3S/c1-3-5-7-17(4-2)9-11-15-12(14)10-6-8-18-13(10)16-11/h6,8H,3-5,7,9H2,1-2H3. The predicted octanol–water partition coefficient (Wildman–Crippen LogP) is 3.97. The molecule has 98 valence electrons. The molecule has 0 spiro atoms. The maximum absolute atomic E-state index is 6.17. The Morgan fingerprint density at radius 3 is 2.89 bits per heavy atom. The quantitative estimate of drug-likeness (QED) is 0.751. The van der Waals surface area contributed by atoms with Gasteiger partial charge >= 0.3 is 0 Å². The smallest absolute Gasteiger partial charge is 0.145 e. The Balaban J connectivity index is 2.14. The van der Waals surface area contributed by atoms with Crippen LogP contribution in [0, 0.1) is 0 Å². The highest BCUT2D eigenvalue weighted by Crippen LogP contribution is 2.25. The summed E-state index contributed by atoms with van der Waals surface area (Å²) in [6, 6.07) is 1.97. The molecule has 2 heterocycles.